The molecule has 2 heterocycles. The summed E-state index contributed by atoms with van der Waals surface area (Å²) in [4.78, 5) is 29.1. The van der Waals surface area contributed by atoms with Gasteiger partial charge in [0.1, 0.15) is 0 Å². The first-order valence-electron chi connectivity index (χ1n) is 9.72. The Bertz CT molecular complexity index is 831. The maximum Gasteiger partial charge on any atom is 0.237 e. The second kappa shape index (κ2) is 7.02. The van der Waals surface area contributed by atoms with Crippen molar-refractivity contribution in [1.82, 2.24) is 9.80 Å². The van der Waals surface area contributed by atoms with Crippen molar-refractivity contribution >= 4 is 21.7 Å². The number of benzene rings is 1. The lowest BCUT2D eigenvalue weighted by molar-refractivity contribution is -0.144. The monoisotopic (exact) mass is 390 g/mol. The molecule has 2 amide bonds. The Hall–Kier alpha value is -1.73. The van der Waals surface area contributed by atoms with E-state index in [1.165, 1.54) is 4.90 Å². The van der Waals surface area contributed by atoms with Gasteiger partial charge in [-0.25, -0.2) is 8.42 Å². The minimum absolute atomic E-state index is 0.0519. The Labute approximate surface area is 160 Å². The smallest absolute Gasteiger partial charge is 0.237 e. The third-order valence-electron chi connectivity index (χ3n) is 6.33. The van der Waals surface area contributed by atoms with Gasteiger partial charge in [0.15, 0.2) is 9.84 Å². The fraction of sp³-hybridized carbons (Fsp3) is 0.600. The number of sulfone groups is 1. The summed E-state index contributed by atoms with van der Waals surface area (Å²) in [6, 6.07) is 9.64. The van der Waals surface area contributed by atoms with Crippen molar-refractivity contribution in [2.45, 2.75) is 51.1 Å². The van der Waals surface area contributed by atoms with Crippen molar-refractivity contribution in [2.24, 2.45) is 5.41 Å². The lowest BCUT2D eigenvalue weighted by atomic mass is 9.85. The molecule has 1 aromatic rings. The van der Waals surface area contributed by atoms with E-state index in [0.717, 1.165) is 31.2 Å². The van der Waals surface area contributed by atoms with Crippen molar-refractivity contribution in [3.8, 4) is 0 Å². The average molecular weight is 391 g/mol. The van der Waals surface area contributed by atoms with E-state index in [4.69, 9.17) is 0 Å². The second-order valence-electron chi connectivity index (χ2n) is 8.22. The zero-order valence-corrected chi connectivity index (χ0v) is 16.3. The van der Waals surface area contributed by atoms with Crippen molar-refractivity contribution < 1.29 is 18.0 Å². The molecule has 0 unspecified atom stereocenters. The highest BCUT2D eigenvalue weighted by Gasteiger charge is 2.53. The molecule has 146 valence electrons. The molecule has 0 N–H and O–H groups in total. The van der Waals surface area contributed by atoms with Crippen LogP contribution >= 0.6 is 0 Å². The summed E-state index contributed by atoms with van der Waals surface area (Å²) in [7, 11) is -3.05. The molecule has 1 saturated carbocycles. The van der Waals surface area contributed by atoms with E-state index >= 15 is 0 Å². The van der Waals surface area contributed by atoms with E-state index < -0.39 is 15.3 Å². The molecule has 2 aliphatic heterocycles. The van der Waals surface area contributed by atoms with Crippen molar-refractivity contribution in [3.63, 3.8) is 0 Å². The predicted molar refractivity (Wildman–Crippen MR) is 101 cm³/mol. The third kappa shape index (κ3) is 3.67. The number of hydrogen-bond donors (Lipinski definition) is 0. The van der Waals surface area contributed by atoms with Crippen LogP contribution in [-0.2, 0) is 26.0 Å². The van der Waals surface area contributed by atoms with Crippen LogP contribution in [0.25, 0.3) is 0 Å². The lowest BCUT2D eigenvalue weighted by Crippen LogP contribution is -2.47. The van der Waals surface area contributed by atoms with Gasteiger partial charge in [0.25, 0.3) is 0 Å². The topological polar surface area (TPSA) is 74.8 Å². The number of amides is 2. The second-order valence-corrected chi connectivity index (χ2v) is 10.5. The number of carbonyl (C=O) groups excluding carboxylic acids is 2. The van der Waals surface area contributed by atoms with Gasteiger partial charge in [-0.2, -0.15) is 0 Å². The molecule has 4 rings (SSSR count). The summed E-state index contributed by atoms with van der Waals surface area (Å²) in [5.41, 5.74) is 0.563. The van der Waals surface area contributed by atoms with E-state index in [2.05, 4.69) is 0 Å². The summed E-state index contributed by atoms with van der Waals surface area (Å²) in [6.07, 6.45) is 4.46. The van der Waals surface area contributed by atoms with Crippen molar-refractivity contribution in [3.05, 3.63) is 35.9 Å². The molecule has 1 spiro atoms. The Morgan fingerprint density at radius 1 is 1.11 bits per heavy atom. The molecule has 3 fully saturated rings. The highest BCUT2D eigenvalue weighted by molar-refractivity contribution is 7.91. The minimum atomic E-state index is -3.05. The van der Waals surface area contributed by atoms with Gasteiger partial charge >= 0.3 is 0 Å². The number of rotatable bonds is 5. The average Bonchev–Trinajstić information content (AvgIpc) is 3.30. The zero-order chi connectivity index (χ0) is 19.1. The largest absolute Gasteiger partial charge is 0.277 e. The number of carbonyl (C=O) groups is 2. The molecular weight excluding hydrogens is 364 g/mol. The van der Waals surface area contributed by atoms with Gasteiger partial charge in [-0.05, 0) is 24.8 Å². The Kier molecular flexibility index (Phi) is 4.84. The molecular formula is C20H26N2O4S. The van der Waals surface area contributed by atoms with Crippen LogP contribution in [0.4, 0.5) is 0 Å². The molecule has 0 radical (unpaired) electrons. The molecule has 2 saturated heterocycles. The van der Waals surface area contributed by atoms with Crippen LogP contribution in [0.5, 0.6) is 0 Å². The highest BCUT2D eigenvalue weighted by atomic mass is 32.2. The normalized spacial score (nSPS) is 26.6. The van der Waals surface area contributed by atoms with Gasteiger partial charge in [-0.1, -0.05) is 43.2 Å². The highest BCUT2D eigenvalue weighted by Crippen LogP contribution is 2.47. The number of likely N-dealkylation sites (tertiary alicyclic amines) is 1. The van der Waals surface area contributed by atoms with Crippen molar-refractivity contribution in [1.29, 1.82) is 0 Å². The van der Waals surface area contributed by atoms with E-state index in [1.807, 2.05) is 35.2 Å². The maximum atomic E-state index is 13.0. The summed E-state index contributed by atoms with van der Waals surface area (Å²) >= 11 is 0. The fourth-order valence-electron chi connectivity index (χ4n) is 4.80. The summed E-state index contributed by atoms with van der Waals surface area (Å²) in [6.45, 7) is 0.722. The van der Waals surface area contributed by atoms with Crippen molar-refractivity contribution in [2.75, 3.05) is 18.2 Å². The lowest BCUT2D eigenvalue weighted by Gasteiger charge is -2.32. The SMILES string of the molecule is O=C1CC2(CCCC2)C(=O)N1CN(Cc1ccccc1)[C@H]1CCS(=O)(=O)C1. The van der Waals surface area contributed by atoms with E-state index in [-0.39, 0.29) is 36.0 Å². The van der Waals surface area contributed by atoms with Gasteiger partial charge < -0.3 is 0 Å². The Morgan fingerprint density at radius 2 is 1.81 bits per heavy atom. The van der Waals surface area contributed by atoms with Crippen LogP contribution in [0.1, 0.15) is 44.1 Å². The van der Waals surface area contributed by atoms with Gasteiger partial charge in [0.2, 0.25) is 11.8 Å². The first-order chi connectivity index (χ1) is 12.9. The van der Waals surface area contributed by atoms with Crippen LogP contribution in [0, 0.1) is 5.41 Å². The molecule has 0 aromatic heterocycles. The van der Waals surface area contributed by atoms with Crippen LogP contribution in [0.2, 0.25) is 0 Å². The van der Waals surface area contributed by atoms with E-state index in [0.29, 0.717) is 19.4 Å². The quantitative estimate of drug-likeness (QED) is 0.719. The van der Waals surface area contributed by atoms with E-state index in [1.54, 1.807) is 0 Å². The van der Waals surface area contributed by atoms with E-state index in [9.17, 15) is 18.0 Å². The summed E-state index contributed by atoms with van der Waals surface area (Å²) in [5, 5.41) is 0. The first-order valence-corrected chi connectivity index (χ1v) is 11.5. The molecule has 27 heavy (non-hydrogen) atoms. The standard InChI is InChI=1S/C20H26N2O4S/c23-18-12-20(9-4-5-10-20)19(24)22(18)15-21(13-16-6-2-1-3-7-16)17-8-11-27(25,26)14-17/h1-3,6-7,17H,4-5,8-15H2/t17-/m0/s1. The first kappa shape index (κ1) is 18.6. The van der Waals surface area contributed by atoms with Crippen LogP contribution in [-0.4, -0.2) is 54.2 Å². The third-order valence-corrected chi connectivity index (χ3v) is 8.08. The number of imide groups is 1. The molecule has 1 aliphatic carbocycles. The summed E-state index contributed by atoms with van der Waals surface area (Å²) < 4.78 is 24.0. The number of hydrogen-bond acceptors (Lipinski definition) is 5. The van der Waals surface area contributed by atoms with Crippen LogP contribution < -0.4 is 0 Å². The van der Waals surface area contributed by atoms with Gasteiger partial charge in [-0.15, -0.1) is 0 Å². The molecule has 7 heteroatoms. The minimum Gasteiger partial charge on any atom is -0.277 e. The summed E-state index contributed by atoms with van der Waals surface area (Å²) in [5.74, 6) is 0.112. The maximum absolute atomic E-state index is 13.0. The van der Waals surface area contributed by atoms with Gasteiger partial charge in [0, 0.05) is 19.0 Å². The Balaban J connectivity index is 1.55. The van der Waals surface area contributed by atoms with Gasteiger partial charge in [0.05, 0.1) is 23.6 Å². The van der Waals surface area contributed by atoms with Crippen LogP contribution in [0.15, 0.2) is 30.3 Å². The molecule has 1 atom stereocenters. The number of nitrogens with zero attached hydrogens (tertiary/aromatic N) is 2. The van der Waals surface area contributed by atoms with Gasteiger partial charge in [-0.3, -0.25) is 19.4 Å². The zero-order valence-electron chi connectivity index (χ0n) is 15.5. The fourth-order valence-corrected chi connectivity index (χ4v) is 6.56. The molecule has 6 nitrogen and oxygen atoms in total. The molecule has 1 aromatic carbocycles. The Morgan fingerprint density at radius 3 is 2.44 bits per heavy atom. The van der Waals surface area contributed by atoms with Crippen LogP contribution in [0.3, 0.4) is 0 Å². The molecule has 3 aliphatic rings. The molecule has 0 bridgehead atoms. The predicted octanol–water partition coefficient (Wildman–Crippen LogP) is 1.95.